The molecule has 0 unspecified atom stereocenters. The summed E-state index contributed by atoms with van der Waals surface area (Å²) in [4.78, 5) is 24.5. The van der Waals surface area contributed by atoms with Crippen molar-refractivity contribution in [2.24, 2.45) is 0 Å². The first kappa shape index (κ1) is 77.2. The van der Waals surface area contributed by atoms with Gasteiger partial charge in [0.05, 0.1) is 52.4 Å². The number of carbonyl (C=O) groups excluding carboxylic acids is 2. The molecule has 546 valence electrons. The zero-order valence-corrected chi connectivity index (χ0v) is 50.3. The molecule has 0 radical (unpaired) electrons. The lowest BCUT2D eigenvalue weighted by Crippen LogP contribution is -2.70. The van der Waals surface area contributed by atoms with E-state index in [2.05, 4.69) is 10.6 Å². The van der Waals surface area contributed by atoms with Crippen molar-refractivity contribution in [3.63, 3.8) is 0 Å². The fraction of sp³-hybridized carbons (Fsp3) is 0.962. The van der Waals surface area contributed by atoms with Crippen LogP contribution in [0.25, 0.3) is 0 Å². The molecule has 8 heterocycles. The molecule has 25 N–H and O–H groups in total. The standard InChI is InChI=1S/C52H88N2O40/c1-11-23(63)31(71)35(75)49(81-11)94-44-43(93-47-22(54-13(3)62)30(70)25(65)15(5-56)84-47)27(67)17(7-58)86-52(44)90-40-19(9-60)87-50(36(76)33(40)73)92-42-28(68)20(88-51(38(42)78)89-39-18(8-59)82-45(79)34(74)32(39)72)10-80-48-37(77)41(26(66)16(6-57)85-48)91-46-21(53-12(2)61)29(69)24(64)14(4-55)83-46/h11,14-52,55-60,63-79H,4-10H2,1-3H3,(H,53,61)(H,54,62)/t11-,14+,15+,16+,17+,18+,19+,20+,21+,22+,23+,24+,25-,26-,27-,28-,29+,30+,31+,32+,33+,34+,35-,36+,37+,38+,39+,40-,41-,42-,43-,44+,45+,46-,47+,48+,49-,50-,51-,52-/m0/s1. The van der Waals surface area contributed by atoms with E-state index in [1.165, 1.54) is 6.92 Å². The maximum absolute atomic E-state index is 12.4. The average molecular weight is 1380 g/mol. The highest BCUT2D eigenvalue weighted by Gasteiger charge is 2.60. The van der Waals surface area contributed by atoms with Crippen LogP contribution in [-0.4, -0.2) is 421 Å². The summed E-state index contributed by atoms with van der Waals surface area (Å²) in [5, 5.41) is 256. The van der Waals surface area contributed by atoms with E-state index in [0.29, 0.717) is 0 Å². The zero-order valence-electron chi connectivity index (χ0n) is 50.3. The molecule has 42 nitrogen and oxygen atoms in total. The molecular formula is C52H88N2O40. The number of hydrogen-bond acceptors (Lipinski definition) is 40. The van der Waals surface area contributed by atoms with Crippen LogP contribution in [0.4, 0.5) is 0 Å². The van der Waals surface area contributed by atoms with E-state index in [-0.39, 0.29) is 0 Å². The van der Waals surface area contributed by atoms with Gasteiger partial charge in [-0.2, -0.15) is 0 Å². The molecule has 40 atom stereocenters. The lowest BCUT2D eigenvalue weighted by molar-refractivity contribution is -0.407. The Hall–Kier alpha value is -2.58. The molecule has 94 heavy (non-hydrogen) atoms. The number of hydrogen-bond donors (Lipinski definition) is 25. The van der Waals surface area contributed by atoms with Gasteiger partial charge in [-0.25, -0.2) is 0 Å². The minimum absolute atomic E-state index is 0.782. The third-order valence-corrected chi connectivity index (χ3v) is 17.4. The third-order valence-electron chi connectivity index (χ3n) is 17.4. The van der Waals surface area contributed by atoms with Gasteiger partial charge in [-0.1, -0.05) is 0 Å². The minimum atomic E-state index is -2.46. The first-order valence-corrected chi connectivity index (χ1v) is 30.0. The quantitative estimate of drug-likeness (QED) is 0.0452. The fourth-order valence-electron chi connectivity index (χ4n) is 12.1. The van der Waals surface area contributed by atoms with Gasteiger partial charge in [-0.05, 0) is 6.92 Å². The minimum Gasteiger partial charge on any atom is -0.394 e. The Morgan fingerprint density at radius 1 is 0.298 bits per heavy atom. The molecule has 0 aromatic carbocycles. The summed E-state index contributed by atoms with van der Waals surface area (Å²) >= 11 is 0. The van der Waals surface area contributed by atoms with E-state index in [1.54, 1.807) is 0 Å². The molecule has 0 aromatic heterocycles. The van der Waals surface area contributed by atoms with E-state index in [1.807, 2.05) is 0 Å². The maximum Gasteiger partial charge on any atom is 0.217 e. The Morgan fingerprint density at radius 3 is 1.15 bits per heavy atom. The average Bonchev–Trinajstić information content (AvgIpc) is 0.773. The van der Waals surface area contributed by atoms with Crippen molar-refractivity contribution in [2.45, 2.75) is 266 Å². The molecule has 0 bridgehead atoms. The number of rotatable bonds is 23. The highest BCUT2D eigenvalue weighted by molar-refractivity contribution is 5.73. The van der Waals surface area contributed by atoms with Gasteiger partial charge in [0.2, 0.25) is 11.8 Å². The largest absolute Gasteiger partial charge is 0.394 e. The van der Waals surface area contributed by atoms with E-state index in [9.17, 15) is 127 Å². The summed E-state index contributed by atoms with van der Waals surface area (Å²) < 4.78 is 87.1. The van der Waals surface area contributed by atoms with Crippen LogP contribution in [0.1, 0.15) is 20.8 Å². The molecule has 42 heteroatoms. The van der Waals surface area contributed by atoms with Crippen LogP contribution < -0.4 is 10.6 Å². The fourth-order valence-corrected chi connectivity index (χ4v) is 12.1. The van der Waals surface area contributed by atoms with Gasteiger partial charge in [-0.3, -0.25) is 9.59 Å². The van der Waals surface area contributed by atoms with Crippen LogP contribution >= 0.6 is 0 Å². The molecule has 0 spiro atoms. The lowest BCUT2D eigenvalue weighted by atomic mass is 9.94. The van der Waals surface area contributed by atoms with Crippen LogP contribution in [0.3, 0.4) is 0 Å². The van der Waals surface area contributed by atoms with Crippen molar-refractivity contribution in [3.8, 4) is 0 Å². The Morgan fingerprint density at radius 2 is 0.638 bits per heavy atom. The van der Waals surface area contributed by atoms with Crippen molar-refractivity contribution in [3.05, 3.63) is 0 Å². The van der Waals surface area contributed by atoms with Crippen LogP contribution in [-0.2, 0) is 80.6 Å². The molecule has 8 fully saturated rings. The van der Waals surface area contributed by atoms with Crippen molar-refractivity contribution in [1.82, 2.24) is 10.6 Å². The zero-order chi connectivity index (χ0) is 69.2. The van der Waals surface area contributed by atoms with Crippen molar-refractivity contribution in [2.75, 3.05) is 46.2 Å². The van der Waals surface area contributed by atoms with Crippen LogP contribution in [0.15, 0.2) is 0 Å². The van der Waals surface area contributed by atoms with E-state index in [4.69, 9.17) is 71.1 Å². The Bertz CT molecular complexity index is 2370. The number of aliphatic hydroxyl groups is 23. The summed E-state index contributed by atoms with van der Waals surface area (Å²) in [6.45, 7) is -4.01. The molecule has 2 amide bonds. The van der Waals surface area contributed by atoms with Gasteiger partial charge in [0, 0.05) is 13.8 Å². The van der Waals surface area contributed by atoms with Gasteiger partial charge in [0.1, 0.15) is 189 Å². The summed E-state index contributed by atoms with van der Waals surface area (Å²) in [5.41, 5.74) is 0. The molecule has 0 aliphatic carbocycles. The van der Waals surface area contributed by atoms with Gasteiger partial charge in [-0.15, -0.1) is 0 Å². The summed E-state index contributed by atoms with van der Waals surface area (Å²) in [5.74, 6) is -1.61. The third kappa shape index (κ3) is 16.4. The number of aliphatic hydroxyl groups excluding tert-OH is 23. The number of amides is 2. The Kier molecular flexibility index (Phi) is 27.3. The topological polar surface area (TPSA) is 662 Å². The highest BCUT2D eigenvalue weighted by atomic mass is 16.8. The predicted molar refractivity (Wildman–Crippen MR) is 286 cm³/mol. The number of ether oxygens (including phenoxy) is 15. The smallest absolute Gasteiger partial charge is 0.217 e. The Labute approximate surface area is 532 Å². The van der Waals surface area contributed by atoms with Gasteiger partial charge in [0.15, 0.2) is 50.3 Å². The number of carbonyl (C=O) groups is 2. The van der Waals surface area contributed by atoms with Crippen LogP contribution in [0, 0.1) is 0 Å². The molecule has 0 saturated carbocycles. The molecule has 0 aromatic rings. The molecule has 8 aliphatic rings. The second-order valence-electron chi connectivity index (χ2n) is 23.9. The summed E-state index contributed by atoms with van der Waals surface area (Å²) in [6, 6.07) is -3.34. The second kappa shape index (κ2) is 33.3. The van der Waals surface area contributed by atoms with E-state index >= 15 is 0 Å². The Balaban J connectivity index is 1.06. The monoisotopic (exact) mass is 1380 g/mol. The second-order valence-corrected chi connectivity index (χ2v) is 23.9. The van der Waals surface area contributed by atoms with Crippen molar-refractivity contribution < 1.29 is 198 Å². The number of nitrogens with one attached hydrogen (secondary N) is 2. The van der Waals surface area contributed by atoms with Crippen molar-refractivity contribution >= 4 is 11.8 Å². The predicted octanol–water partition coefficient (Wildman–Crippen LogP) is -17.1. The SMILES string of the molecule is CC(=O)N[C@H]1[C@@H](O[C@H]2[C@@H](O)[C@@H](CO)O[C@@H](O[C@@H]3[C@H](O)[C@@H](O)[C@H](O[C@H]4[C@@H](O)[C@@H](CO[C@@H]5O[C@H](CO)[C@H](O)[C@H](O[C@@H]6O[C@H](CO)[C@@H](O)[C@H](O)[C@H]6NC(C)=O)[C@H]5O)O[C@@H](O[C@H]5[C@H](O)[C@@H](O)[C@H](O)O[C@@H]5CO)[C@@H]4O)O[C@@H]3CO)[C@@H]2O[C@@H]2O[C@@H](C)[C@@H](O)[C@@H](O)[C@@H]2O)O[C@H](CO)[C@H](O)[C@@H]1O. The summed E-state index contributed by atoms with van der Waals surface area (Å²) in [7, 11) is 0. The van der Waals surface area contributed by atoms with E-state index < -0.39 is 304 Å². The molecule has 8 rings (SSSR count). The summed E-state index contributed by atoms with van der Waals surface area (Å²) in [6.07, 6.45) is -76.4. The molecular weight excluding hydrogens is 1290 g/mol. The highest BCUT2D eigenvalue weighted by Crippen LogP contribution is 2.39. The lowest BCUT2D eigenvalue weighted by Gasteiger charge is -2.51. The first-order chi connectivity index (χ1) is 44.4. The van der Waals surface area contributed by atoms with Gasteiger partial charge in [0.25, 0.3) is 0 Å². The van der Waals surface area contributed by atoms with Gasteiger partial charge < -0.3 is 199 Å². The van der Waals surface area contributed by atoms with Crippen molar-refractivity contribution in [1.29, 1.82) is 0 Å². The maximum atomic E-state index is 12.4. The van der Waals surface area contributed by atoms with E-state index in [0.717, 1.165) is 13.8 Å². The normalized spacial score (nSPS) is 51.2. The molecule has 8 saturated heterocycles. The first-order valence-electron chi connectivity index (χ1n) is 30.0. The molecule has 8 aliphatic heterocycles. The van der Waals surface area contributed by atoms with Crippen LogP contribution in [0.2, 0.25) is 0 Å². The van der Waals surface area contributed by atoms with Gasteiger partial charge >= 0.3 is 0 Å². The van der Waals surface area contributed by atoms with Crippen LogP contribution in [0.5, 0.6) is 0 Å².